The predicted octanol–water partition coefficient (Wildman–Crippen LogP) is 1.65. The largest absolute Gasteiger partial charge is 0.354 e. The highest BCUT2D eigenvalue weighted by Gasteiger charge is 2.30. The molecule has 1 heterocycles. The fourth-order valence-electron chi connectivity index (χ4n) is 2.84. The molecule has 1 aromatic carbocycles. The summed E-state index contributed by atoms with van der Waals surface area (Å²) in [6, 6.07) is 10.2. The number of guanidine groups is 1. The molecule has 0 aliphatic carbocycles. The third-order valence-corrected chi connectivity index (χ3v) is 4.17. The Hall–Kier alpha value is -2.04. The molecule has 23 heavy (non-hydrogen) atoms. The number of carbonyl (C=O) groups excluding carboxylic acids is 1. The van der Waals surface area contributed by atoms with Gasteiger partial charge in [-0.15, -0.1) is 0 Å². The Morgan fingerprint density at radius 2 is 2.00 bits per heavy atom. The quantitative estimate of drug-likeness (QED) is 0.641. The Morgan fingerprint density at radius 1 is 1.26 bits per heavy atom. The van der Waals surface area contributed by atoms with Gasteiger partial charge in [-0.3, -0.25) is 9.79 Å². The van der Waals surface area contributed by atoms with Gasteiger partial charge in [0.25, 0.3) is 0 Å². The van der Waals surface area contributed by atoms with E-state index >= 15 is 0 Å². The van der Waals surface area contributed by atoms with Gasteiger partial charge in [0.2, 0.25) is 5.91 Å². The fourth-order valence-corrected chi connectivity index (χ4v) is 2.84. The van der Waals surface area contributed by atoms with Crippen molar-refractivity contribution in [1.82, 2.24) is 15.5 Å². The van der Waals surface area contributed by atoms with Crippen LogP contribution in [0.5, 0.6) is 0 Å². The van der Waals surface area contributed by atoms with Crippen molar-refractivity contribution >= 4 is 11.9 Å². The molecule has 0 atom stereocenters. The van der Waals surface area contributed by atoms with Crippen LogP contribution in [-0.4, -0.2) is 50.0 Å². The van der Waals surface area contributed by atoms with Crippen LogP contribution in [0.4, 0.5) is 0 Å². The van der Waals surface area contributed by atoms with Crippen LogP contribution in [0.2, 0.25) is 0 Å². The van der Waals surface area contributed by atoms with Gasteiger partial charge in [-0.1, -0.05) is 44.2 Å². The molecule has 2 rings (SSSR count). The summed E-state index contributed by atoms with van der Waals surface area (Å²) in [6.07, 6.45) is 2.00. The summed E-state index contributed by atoms with van der Waals surface area (Å²) in [5, 5.41) is 6.10. The van der Waals surface area contributed by atoms with Crippen LogP contribution in [-0.2, 0) is 11.2 Å². The van der Waals surface area contributed by atoms with E-state index in [0.29, 0.717) is 12.0 Å². The second-order valence-electron chi connectivity index (χ2n) is 6.82. The van der Waals surface area contributed by atoms with E-state index in [1.165, 1.54) is 5.56 Å². The van der Waals surface area contributed by atoms with Crippen molar-refractivity contribution in [2.24, 2.45) is 10.4 Å². The van der Waals surface area contributed by atoms with E-state index in [-0.39, 0.29) is 12.5 Å². The molecule has 0 unspecified atom stereocenters. The summed E-state index contributed by atoms with van der Waals surface area (Å²) in [7, 11) is 1.76. The highest BCUT2D eigenvalue weighted by atomic mass is 16.1. The number of benzene rings is 1. The van der Waals surface area contributed by atoms with Crippen LogP contribution < -0.4 is 10.6 Å². The summed E-state index contributed by atoms with van der Waals surface area (Å²) >= 11 is 0. The Bertz CT molecular complexity index is 539. The minimum atomic E-state index is 0.000498. The number of nitrogens with zero attached hydrogens (tertiary/aromatic N) is 2. The smallest absolute Gasteiger partial charge is 0.239 e. The molecule has 0 saturated carbocycles. The van der Waals surface area contributed by atoms with Crippen molar-refractivity contribution in [3.8, 4) is 0 Å². The van der Waals surface area contributed by atoms with Crippen molar-refractivity contribution in [3.63, 3.8) is 0 Å². The Morgan fingerprint density at radius 3 is 2.61 bits per heavy atom. The number of carbonyl (C=O) groups is 1. The normalized spacial score (nSPS) is 17.2. The maximum absolute atomic E-state index is 11.9. The Labute approximate surface area is 139 Å². The minimum Gasteiger partial charge on any atom is -0.354 e. The highest BCUT2D eigenvalue weighted by molar-refractivity contribution is 5.86. The van der Waals surface area contributed by atoms with Gasteiger partial charge < -0.3 is 15.5 Å². The molecule has 1 aliphatic heterocycles. The summed E-state index contributed by atoms with van der Waals surface area (Å²) in [6.45, 7) is 7.40. The lowest BCUT2D eigenvalue weighted by Crippen LogP contribution is -2.45. The van der Waals surface area contributed by atoms with Gasteiger partial charge in [0, 0.05) is 26.7 Å². The molecular formula is C18H28N4O. The lowest BCUT2D eigenvalue weighted by atomic mass is 9.93. The first-order valence-electron chi connectivity index (χ1n) is 8.26. The van der Waals surface area contributed by atoms with Gasteiger partial charge in [0.05, 0.1) is 6.54 Å². The van der Waals surface area contributed by atoms with Crippen molar-refractivity contribution in [1.29, 1.82) is 0 Å². The molecule has 1 saturated heterocycles. The maximum atomic E-state index is 11.9. The molecule has 0 radical (unpaired) electrons. The third-order valence-electron chi connectivity index (χ3n) is 4.17. The van der Waals surface area contributed by atoms with E-state index in [9.17, 15) is 4.79 Å². The van der Waals surface area contributed by atoms with E-state index in [1.54, 1.807) is 7.05 Å². The van der Waals surface area contributed by atoms with Crippen LogP contribution in [0.1, 0.15) is 25.8 Å². The average molecular weight is 316 g/mol. The molecule has 2 N–H and O–H groups in total. The monoisotopic (exact) mass is 316 g/mol. The van der Waals surface area contributed by atoms with Crippen molar-refractivity contribution < 1.29 is 4.79 Å². The zero-order valence-corrected chi connectivity index (χ0v) is 14.4. The fraction of sp³-hybridized carbons (Fsp3) is 0.556. The van der Waals surface area contributed by atoms with Gasteiger partial charge in [-0.25, -0.2) is 0 Å². The van der Waals surface area contributed by atoms with Gasteiger partial charge in [0.15, 0.2) is 5.96 Å². The third kappa shape index (κ3) is 5.58. The molecule has 126 valence electrons. The summed E-state index contributed by atoms with van der Waals surface area (Å²) in [5.41, 5.74) is 1.55. The number of hydrogen-bond donors (Lipinski definition) is 2. The molecule has 0 bridgehead atoms. The maximum Gasteiger partial charge on any atom is 0.239 e. The standard InChI is InChI=1S/C18H28N4O/c1-18(2)10-12-22(14-18)17(19-3)21-13-16(23)20-11-9-15-7-5-4-6-8-15/h4-8H,9-14H2,1-3H3,(H,19,21)(H,20,23). The summed E-state index contributed by atoms with van der Waals surface area (Å²) < 4.78 is 0. The van der Waals surface area contributed by atoms with Crippen LogP contribution >= 0.6 is 0 Å². The number of likely N-dealkylation sites (tertiary alicyclic amines) is 1. The Kier molecular flexibility index (Phi) is 6.02. The van der Waals surface area contributed by atoms with Gasteiger partial charge in [0.1, 0.15) is 0 Å². The van der Waals surface area contributed by atoms with E-state index in [2.05, 4.69) is 46.5 Å². The van der Waals surface area contributed by atoms with Crippen molar-refractivity contribution in [3.05, 3.63) is 35.9 Å². The van der Waals surface area contributed by atoms with Gasteiger partial charge in [-0.2, -0.15) is 0 Å². The van der Waals surface area contributed by atoms with Gasteiger partial charge >= 0.3 is 0 Å². The molecule has 1 amide bonds. The topological polar surface area (TPSA) is 56.7 Å². The lowest BCUT2D eigenvalue weighted by Gasteiger charge is -2.23. The van der Waals surface area contributed by atoms with E-state index in [4.69, 9.17) is 0 Å². The second-order valence-corrected chi connectivity index (χ2v) is 6.82. The molecule has 1 aromatic rings. The first-order chi connectivity index (χ1) is 11.0. The number of rotatable bonds is 5. The second kappa shape index (κ2) is 7.99. The zero-order chi connectivity index (χ0) is 16.7. The number of amides is 1. The average Bonchev–Trinajstić information content (AvgIpc) is 2.89. The van der Waals surface area contributed by atoms with E-state index in [0.717, 1.165) is 31.9 Å². The molecule has 1 fully saturated rings. The molecule has 5 heteroatoms. The minimum absolute atomic E-state index is 0.000498. The van der Waals surface area contributed by atoms with Crippen LogP contribution in [0.25, 0.3) is 0 Å². The van der Waals surface area contributed by atoms with Crippen molar-refractivity contribution in [2.75, 3.05) is 33.2 Å². The van der Waals surface area contributed by atoms with Crippen molar-refractivity contribution in [2.45, 2.75) is 26.7 Å². The number of hydrogen-bond acceptors (Lipinski definition) is 2. The summed E-state index contributed by atoms with van der Waals surface area (Å²) in [5.74, 6) is 0.814. The zero-order valence-electron chi connectivity index (χ0n) is 14.4. The molecular weight excluding hydrogens is 288 g/mol. The number of nitrogens with one attached hydrogen (secondary N) is 2. The van der Waals surface area contributed by atoms with Crippen LogP contribution in [0, 0.1) is 5.41 Å². The van der Waals surface area contributed by atoms with Gasteiger partial charge in [-0.05, 0) is 23.8 Å². The molecule has 1 aliphatic rings. The Balaban J connectivity index is 1.69. The SMILES string of the molecule is CN=C(NCC(=O)NCCc1ccccc1)N1CCC(C)(C)C1. The van der Waals surface area contributed by atoms with E-state index in [1.807, 2.05) is 18.2 Å². The highest BCUT2D eigenvalue weighted by Crippen LogP contribution is 2.28. The van der Waals surface area contributed by atoms with E-state index < -0.39 is 0 Å². The number of aliphatic imine (C=N–C) groups is 1. The predicted molar refractivity (Wildman–Crippen MR) is 94.5 cm³/mol. The summed E-state index contributed by atoms with van der Waals surface area (Å²) in [4.78, 5) is 18.5. The van der Waals surface area contributed by atoms with Crippen LogP contribution in [0.15, 0.2) is 35.3 Å². The molecule has 0 spiro atoms. The first-order valence-corrected chi connectivity index (χ1v) is 8.26. The first kappa shape index (κ1) is 17.3. The lowest BCUT2D eigenvalue weighted by molar-refractivity contribution is -0.120. The molecule has 0 aromatic heterocycles. The molecule has 5 nitrogen and oxygen atoms in total. The van der Waals surface area contributed by atoms with Crippen LogP contribution in [0.3, 0.4) is 0 Å².